The van der Waals surface area contributed by atoms with Gasteiger partial charge in [-0.15, -0.1) is 0 Å². The lowest BCUT2D eigenvalue weighted by Gasteiger charge is -2.38. The first-order chi connectivity index (χ1) is 12.1. The highest BCUT2D eigenvalue weighted by Crippen LogP contribution is 2.28. The number of rotatable bonds is 4. The minimum absolute atomic E-state index is 0.172. The number of amides is 1. The van der Waals surface area contributed by atoms with E-state index < -0.39 is 0 Å². The van der Waals surface area contributed by atoms with Crippen molar-refractivity contribution in [3.63, 3.8) is 0 Å². The number of halogens is 2. The zero-order valence-corrected chi connectivity index (χ0v) is 16.4. The van der Waals surface area contributed by atoms with Crippen LogP contribution in [0.3, 0.4) is 0 Å². The molecule has 0 atom stereocenters. The first-order valence-electron chi connectivity index (χ1n) is 9.25. The first kappa shape index (κ1) is 19.0. The van der Waals surface area contributed by atoms with Gasteiger partial charge in [-0.1, -0.05) is 36.2 Å². The number of hydrogen-bond donors (Lipinski definition) is 0. The van der Waals surface area contributed by atoms with Gasteiger partial charge in [0.05, 0.1) is 0 Å². The predicted octanol–water partition coefficient (Wildman–Crippen LogP) is 3.37. The van der Waals surface area contributed by atoms with E-state index in [4.69, 9.17) is 23.2 Å². The predicted molar refractivity (Wildman–Crippen MR) is 103 cm³/mol. The molecule has 0 saturated carbocycles. The summed E-state index contributed by atoms with van der Waals surface area (Å²) in [5, 5.41) is 1.44. The molecule has 2 fully saturated rings. The maximum Gasteiger partial charge on any atom is 0.225 e. The molecule has 4 nitrogen and oxygen atoms in total. The Morgan fingerprint density at radius 2 is 1.60 bits per heavy atom. The van der Waals surface area contributed by atoms with Crippen LogP contribution in [-0.2, 0) is 11.3 Å². The molecule has 25 heavy (non-hydrogen) atoms. The van der Waals surface area contributed by atoms with E-state index in [2.05, 4.69) is 21.6 Å². The monoisotopic (exact) mass is 383 g/mol. The van der Waals surface area contributed by atoms with Gasteiger partial charge in [-0.25, -0.2) is 0 Å². The molecule has 1 aromatic rings. The largest absolute Gasteiger partial charge is 0.340 e. The van der Waals surface area contributed by atoms with Crippen molar-refractivity contribution in [2.24, 2.45) is 5.92 Å². The normalized spacial score (nSPS) is 20.8. The Bertz CT molecular complexity index is 574. The molecular weight excluding hydrogens is 357 g/mol. The van der Waals surface area contributed by atoms with Crippen LogP contribution in [0, 0.1) is 5.92 Å². The summed E-state index contributed by atoms with van der Waals surface area (Å²) < 4.78 is 0. The van der Waals surface area contributed by atoms with E-state index in [1.54, 1.807) is 0 Å². The van der Waals surface area contributed by atoms with Gasteiger partial charge in [0.25, 0.3) is 0 Å². The fourth-order valence-corrected chi connectivity index (χ4v) is 4.30. The molecule has 0 spiro atoms. The van der Waals surface area contributed by atoms with Crippen LogP contribution in [0.15, 0.2) is 18.2 Å². The number of piperazine rings is 1. The van der Waals surface area contributed by atoms with Crippen LogP contribution in [0.4, 0.5) is 0 Å². The fourth-order valence-electron chi connectivity index (χ4n) is 3.79. The van der Waals surface area contributed by atoms with Crippen molar-refractivity contribution in [1.82, 2.24) is 14.7 Å². The summed E-state index contributed by atoms with van der Waals surface area (Å²) in [6.07, 6.45) is 1.85. The van der Waals surface area contributed by atoms with Gasteiger partial charge < -0.3 is 9.80 Å². The Morgan fingerprint density at radius 3 is 2.16 bits per heavy atom. The van der Waals surface area contributed by atoms with E-state index in [1.165, 1.54) is 0 Å². The van der Waals surface area contributed by atoms with Gasteiger partial charge in [-0.2, -0.15) is 0 Å². The minimum Gasteiger partial charge on any atom is -0.340 e. The third-order valence-electron chi connectivity index (χ3n) is 5.51. The zero-order valence-electron chi connectivity index (χ0n) is 14.9. The Labute approximate surface area is 160 Å². The number of piperidine rings is 1. The second-order valence-electron chi connectivity index (χ2n) is 7.01. The third-order valence-corrected chi connectivity index (χ3v) is 6.22. The summed E-state index contributed by atoms with van der Waals surface area (Å²) in [6.45, 7) is 9.63. The SMILES string of the molecule is CCN1CCN(C(=O)C2CCN(Cc3c(Cl)cccc3Cl)CC2)CC1. The molecule has 1 amide bonds. The molecule has 138 valence electrons. The standard InChI is InChI=1S/C19H27Cl2N3O/c1-2-22-10-12-24(13-11-22)19(25)15-6-8-23(9-7-15)14-16-17(20)4-3-5-18(16)21/h3-5,15H,2,6-14H2,1H3. The van der Waals surface area contributed by atoms with Gasteiger partial charge >= 0.3 is 0 Å². The summed E-state index contributed by atoms with van der Waals surface area (Å²) >= 11 is 12.6. The smallest absolute Gasteiger partial charge is 0.225 e. The van der Waals surface area contributed by atoms with E-state index in [1.807, 2.05) is 18.2 Å². The molecule has 0 N–H and O–H groups in total. The Morgan fingerprint density at radius 1 is 1.00 bits per heavy atom. The molecule has 2 heterocycles. The topological polar surface area (TPSA) is 26.8 Å². The van der Waals surface area contributed by atoms with Gasteiger partial charge in [0.2, 0.25) is 5.91 Å². The van der Waals surface area contributed by atoms with Crippen molar-refractivity contribution in [3.05, 3.63) is 33.8 Å². The van der Waals surface area contributed by atoms with Crippen LogP contribution in [0.5, 0.6) is 0 Å². The highest BCUT2D eigenvalue weighted by Gasteiger charge is 2.30. The quantitative estimate of drug-likeness (QED) is 0.797. The first-order valence-corrected chi connectivity index (χ1v) is 10.0. The van der Waals surface area contributed by atoms with Crippen molar-refractivity contribution in [2.45, 2.75) is 26.3 Å². The Hall–Kier alpha value is -0.810. The van der Waals surface area contributed by atoms with Crippen molar-refractivity contribution < 1.29 is 4.79 Å². The van der Waals surface area contributed by atoms with Crippen LogP contribution in [0.2, 0.25) is 10.0 Å². The van der Waals surface area contributed by atoms with Crippen LogP contribution < -0.4 is 0 Å². The molecule has 0 bridgehead atoms. The number of likely N-dealkylation sites (N-methyl/N-ethyl adjacent to an activating group) is 1. The van der Waals surface area contributed by atoms with Crippen LogP contribution >= 0.6 is 23.2 Å². The lowest BCUT2D eigenvalue weighted by atomic mass is 9.94. The third kappa shape index (κ3) is 4.68. The molecule has 2 saturated heterocycles. The molecule has 6 heteroatoms. The molecule has 3 rings (SSSR count). The van der Waals surface area contributed by atoms with Crippen LogP contribution in [0.25, 0.3) is 0 Å². The average Bonchev–Trinajstić information content (AvgIpc) is 2.65. The second kappa shape index (κ2) is 8.72. The summed E-state index contributed by atoms with van der Waals surface area (Å²) in [7, 11) is 0. The lowest BCUT2D eigenvalue weighted by molar-refractivity contribution is -0.138. The maximum absolute atomic E-state index is 12.8. The Balaban J connectivity index is 1.49. The van der Waals surface area contributed by atoms with Gasteiger partial charge in [0, 0.05) is 54.3 Å². The van der Waals surface area contributed by atoms with Gasteiger partial charge in [-0.05, 0) is 44.6 Å². The van der Waals surface area contributed by atoms with E-state index in [9.17, 15) is 4.79 Å². The van der Waals surface area contributed by atoms with Crippen molar-refractivity contribution in [3.8, 4) is 0 Å². The molecule has 0 radical (unpaired) electrons. The number of likely N-dealkylation sites (tertiary alicyclic amines) is 1. The summed E-state index contributed by atoms with van der Waals surface area (Å²) in [5.41, 5.74) is 0.992. The molecular formula is C19H27Cl2N3O. The summed E-state index contributed by atoms with van der Waals surface area (Å²) in [6, 6.07) is 5.64. The van der Waals surface area contributed by atoms with Crippen molar-refractivity contribution in [1.29, 1.82) is 0 Å². The highest BCUT2D eigenvalue weighted by molar-refractivity contribution is 6.35. The number of nitrogens with zero attached hydrogens (tertiary/aromatic N) is 3. The van der Waals surface area contributed by atoms with Crippen LogP contribution in [0.1, 0.15) is 25.3 Å². The van der Waals surface area contributed by atoms with E-state index in [0.29, 0.717) is 5.91 Å². The summed E-state index contributed by atoms with van der Waals surface area (Å²) in [5.74, 6) is 0.525. The number of benzene rings is 1. The molecule has 0 unspecified atom stereocenters. The van der Waals surface area contributed by atoms with E-state index in [-0.39, 0.29) is 5.92 Å². The zero-order chi connectivity index (χ0) is 17.8. The molecule has 0 aromatic heterocycles. The minimum atomic E-state index is 0.172. The highest BCUT2D eigenvalue weighted by atomic mass is 35.5. The molecule has 2 aliphatic rings. The number of hydrogen-bond acceptors (Lipinski definition) is 3. The van der Waals surface area contributed by atoms with Gasteiger partial charge in [0.15, 0.2) is 0 Å². The van der Waals surface area contributed by atoms with Gasteiger partial charge in [-0.3, -0.25) is 9.69 Å². The van der Waals surface area contributed by atoms with Crippen molar-refractivity contribution in [2.75, 3.05) is 45.8 Å². The fraction of sp³-hybridized carbons (Fsp3) is 0.632. The number of carbonyl (C=O) groups excluding carboxylic acids is 1. The second-order valence-corrected chi connectivity index (χ2v) is 7.82. The lowest BCUT2D eigenvalue weighted by Crippen LogP contribution is -2.51. The van der Waals surface area contributed by atoms with Crippen molar-refractivity contribution >= 4 is 29.1 Å². The molecule has 2 aliphatic heterocycles. The van der Waals surface area contributed by atoms with Crippen LogP contribution in [-0.4, -0.2) is 66.4 Å². The van der Waals surface area contributed by atoms with E-state index in [0.717, 1.165) is 80.8 Å². The van der Waals surface area contributed by atoms with Gasteiger partial charge in [0.1, 0.15) is 0 Å². The summed E-state index contributed by atoms with van der Waals surface area (Å²) in [4.78, 5) is 19.6. The average molecular weight is 384 g/mol. The number of carbonyl (C=O) groups is 1. The maximum atomic E-state index is 12.8. The Kier molecular flexibility index (Phi) is 6.61. The molecule has 1 aromatic carbocycles. The van der Waals surface area contributed by atoms with E-state index >= 15 is 0 Å². The molecule has 0 aliphatic carbocycles.